The summed E-state index contributed by atoms with van der Waals surface area (Å²) in [5, 5.41) is 0. The molecule has 0 atom stereocenters. The maximum absolute atomic E-state index is 2.29. The summed E-state index contributed by atoms with van der Waals surface area (Å²) >= 11 is 0. The van der Waals surface area contributed by atoms with Crippen molar-refractivity contribution in [3.8, 4) is 0 Å². The summed E-state index contributed by atoms with van der Waals surface area (Å²) in [6.45, 7) is 15.7. The van der Waals surface area contributed by atoms with Gasteiger partial charge in [-0.05, 0) is 37.7 Å². The van der Waals surface area contributed by atoms with E-state index in [2.05, 4.69) is 78.8 Å². The minimum absolute atomic E-state index is 0.217. The molecule has 0 heterocycles. The fraction of sp³-hybridized carbons (Fsp3) is 0.579. The van der Waals surface area contributed by atoms with Crippen molar-refractivity contribution in [2.45, 2.75) is 67.7 Å². The van der Waals surface area contributed by atoms with E-state index in [-0.39, 0.29) is 5.41 Å². The predicted molar refractivity (Wildman–Crippen MR) is 89.4 cm³/mol. The molecule has 19 heavy (non-hydrogen) atoms. The Bertz CT molecular complexity index is 367. The van der Waals surface area contributed by atoms with Gasteiger partial charge in [0.2, 0.25) is 0 Å². The van der Waals surface area contributed by atoms with Crippen molar-refractivity contribution >= 4 is 0 Å². The van der Waals surface area contributed by atoms with Crippen LogP contribution in [0, 0.1) is 5.41 Å². The molecule has 0 fully saturated rings. The first kappa shape index (κ1) is 18.0. The second-order valence-corrected chi connectivity index (χ2v) is 6.26. The van der Waals surface area contributed by atoms with Crippen molar-refractivity contribution in [2.75, 3.05) is 0 Å². The molecule has 0 spiro atoms. The molecular formula is C19H32. The van der Waals surface area contributed by atoms with Crippen LogP contribution in [0.25, 0.3) is 0 Å². The van der Waals surface area contributed by atoms with Crippen LogP contribution in [0.15, 0.2) is 47.1 Å². The van der Waals surface area contributed by atoms with Crippen LogP contribution in [-0.4, -0.2) is 0 Å². The molecule has 0 aliphatic carbocycles. The molecule has 0 saturated heterocycles. The van der Waals surface area contributed by atoms with Crippen LogP contribution in [0.4, 0.5) is 0 Å². The van der Waals surface area contributed by atoms with Gasteiger partial charge < -0.3 is 0 Å². The van der Waals surface area contributed by atoms with E-state index in [1.807, 2.05) is 0 Å². The average molecular weight is 260 g/mol. The van der Waals surface area contributed by atoms with Crippen molar-refractivity contribution in [3.05, 3.63) is 47.1 Å². The van der Waals surface area contributed by atoms with Gasteiger partial charge in [-0.15, -0.1) is 0 Å². The van der Waals surface area contributed by atoms with Gasteiger partial charge in [-0.3, -0.25) is 0 Å². The topological polar surface area (TPSA) is 0 Å². The highest BCUT2D eigenvalue weighted by Crippen LogP contribution is 2.30. The lowest BCUT2D eigenvalue weighted by Crippen LogP contribution is -2.09. The van der Waals surface area contributed by atoms with Gasteiger partial charge in [-0.2, -0.15) is 0 Å². The minimum Gasteiger partial charge on any atom is -0.0845 e. The summed E-state index contributed by atoms with van der Waals surface area (Å²) in [4.78, 5) is 0. The summed E-state index contributed by atoms with van der Waals surface area (Å²) < 4.78 is 0. The first-order valence-corrected chi connectivity index (χ1v) is 7.54. The van der Waals surface area contributed by atoms with Gasteiger partial charge in [0, 0.05) is 0 Å². The second-order valence-electron chi connectivity index (χ2n) is 6.26. The molecule has 0 radical (unpaired) electrons. The van der Waals surface area contributed by atoms with Gasteiger partial charge >= 0.3 is 0 Å². The van der Waals surface area contributed by atoms with E-state index >= 15 is 0 Å². The largest absolute Gasteiger partial charge is 0.0845 e. The summed E-state index contributed by atoms with van der Waals surface area (Å²) in [6.07, 6.45) is 14.6. The fourth-order valence-electron chi connectivity index (χ4n) is 1.98. The van der Waals surface area contributed by atoms with Gasteiger partial charge in [0.1, 0.15) is 0 Å². The number of rotatable bonds is 6. The quantitative estimate of drug-likeness (QED) is 0.471. The molecule has 0 aromatic rings. The zero-order chi connectivity index (χ0) is 14.9. The molecule has 0 rings (SSSR count). The lowest BCUT2D eigenvalue weighted by Gasteiger charge is -2.23. The van der Waals surface area contributed by atoms with Crippen LogP contribution in [0.1, 0.15) is 67.7 Å². The average Bonchev–Trinajstić information content (AvgIpc) is 2.32. The Balaban J connectivity index is 4.93. The van der Waals surface area contributed by atoms with Crippen molar-refractivity contribution in [1.29, 1.82) is 0 Å². The Morgan fingerprint density at radius 1 is 1.00 bits per heavy atom. The van der Waals surface area contributed by atoms with E-state index in [4.69, 9.17) is 0 Å². The molecule has 0 aromatic carbocycles. The van der Waals surface area contributed by atoms with Gasteiger partial charge in [0.15, 0.2) is 0 Å². The lowest BCUT2D eigenvalue weighted by molar-refractivity contribution is 0.510. The number of hydrogen-bond acceptors (Lipinski definition) is 0. The SMILES string of the molecule is CCC\C=C/C=C(C)/C=C/C(=C(\C)CC)C(C)(C)C. The normalized spacial score (nSPS) is 15.4. The summed E-state index contributed by atoms with van der Waals surface area (Å²) in [5.74, 6) is 0. The van der Waals surface area contributed by atoms with E-state index < -0.39 is 0 Å². The second kappa shape index (κ2) is 8.96. The van der Waals surface area contributed by atoms with Crippen molar-refractivity contribution < 1.29 is 0 Å². The molecule has 0 saturated carbocycles. The Labute approximate surface area is 121 Å². The number of hydrogen-bond donors (Lipinski definition) is 0. The van der Waals surface area contributed by atoms with Gasteiger partial charge in [-0.1, -0.05) is 82.6 Å². The molecule has 0 aliphatic heterocycles. The monoisotopic (exact) mass is 260 g/mol. The Morgan fingerprint density at radius 2 is 1.63 bits per heavy atom. The molecule has 0 N–H and O–H groups in total. The van der Waals surface area contributed by atoms with Crippen molar-refractivity contribution in [1.82, 2.24) is 0 Å². The zero-order valence-electron chi connectivity index (χ0n) is 14.0. The predicted octanol–water partition coefficient (Wildman–Crippen LogP) is 6.62. The molecular weight excluding hydrogens is 228 g/mol. The highest BCUT2D eigenvalue weighted by Gasteiger charge is 2.16. The van der Waals surface area contributed by atoms with Crippen LogP contribution < -0.4 is 0 Å². The third kappa shape index (κ3) is 7.87. The molecule has 0 amide bonds. The van der Waals surface area contributed by atoms with E-state index in [9.17, 15) is 0 Å². The fourth-order valence-corrected chi connectivity index (χ4v) is 1.98. The van der Waals surface area contributed by atoms with Crippen molar-refractivity contribution in [3.63, 3.8) is 0 Å². The number of unbranched alkanes of at least 4 members (excludes halogenated alkanes) is 1. The van der Waals surface area contributed by atoms with E-state index in [0.717, 1.165) is 12.8 Å². The lowest BCUT2D eigenvalue weighted by atomic mass is 9.82. The van der Waals surface area contributed by atoms with Crippen LogP contribution in [0.2, 0.25) is 0 Å². The Kier molecular flexibility index (Phi) is 8.47. The first-order chi connectivity index (χ1) is 8.82. The maximum Gasteiger partial charge on any atom is -0.0132 e. The third-order valence-electron chi connectivity index (χ3n) is 3.26. The van der Waals surface area contributed by atoms with E-state index in [1.165, 1.54) is 23.1 Å². The first-order valence-electron chi connectivity index (χ1n) is 7.54. The highest BCUT2D eigenvalue weighted by atomic mass is 14.2. The summed E-state index contributed by atoms with van der Waals surface area (Å²) in [6, 6.07) is 0. The van der Waals surface area contributed by atoms with Gasteiger partial charge in [0.25, 0.3) is 0 Å². The van der Waals surface area contributed by atoms with Crippen molar-refractivity contribution in [2.24, 2.45) is 5.41 Å². The van der Waals surface area contributed by atoms with Crippen LogP contribution in [0.3, 0.4) is 0 Å². The standard InChI is InChI=1S/C19H32/c1-8-10-11-12-13-16(3)14-15-18(17(4)9-2)19(5,6)7/h11-15H,8-10H2,1-7H3/b12-11-,15-14+,16-13+,18-17-. The molecule has 0 bridgehead atoms. The van der Waals surface area contributed by atoms with Gasteiger partial charge in [0.05, 0.1) is 0 Å². The van der Waals surface area contributed by atoms with Crippen LogP contribution >= 0.6 is 0 Å². The molecule has 0 heteroatoms. The van der Waals surface area contributed by atoms with E-state index in [1.54, 1.807) is 0 Å². The smallest absolute Gasteiger partial charge is 0.0132 e. The Morgan fingerprint density at radius 3 is 2.11 bits per heavy atom. The molecule has 0 nitrogen and oxygen atoms in total. The molecule has 0 aromatic heterocycles. The van der Waals surface area contributed by atoms with Gasteiger partial charge in [-0.25, -0.2) is 0 Å². The summed E-state index contributed by atoms with van der Waals surface area (Å²) in [7, 11) is 0. The van der Waals surface area contributed by atoms with Crippen LogP contribution in [-0.2, 0) is 0 Å². The minimum atomic E-state index is 0.217. The molecule has 0 unspecified atom stereocenters. The molecule has 108 valence electrons. The highest BCUT2D eigenvalue weighted by molar-refractivity contribution is 5.34. The third-order valence-corrected chi connectivity index (χ3v) is 3.26. The van der Waals surface area contributed by atoms with E-state index in [0.29, 0.717) is 0 Å². The molecule has 0 aliphatic rings. The van der Waals surface area contributed by atoms with Crippen LogP contribution in [0.5, 0.6) is 0 Å². The number of allylic oxidation sites excluding steroid dienone is 8. The Hall–Kier alpha value is -1.04. The maximum atomic E-state index is 2.29. The zero-order valence-corrected chi connectivity index (χ0v) is 14.0. The summed E-state index contributed by atoms with van der Waals surface area (Å²) in [5.41, 5.74) is 4.46.